The van der Waals surface area contributed by atoms with Crippen molar-refractivity contribution in [2.75, 3.05) is 11.4 Å². The molecule has 0 atom stereocenters. The van der Waals surface area contributed by atoms with Gasteiger partial charge >= 0.3 is 6.18 Å². The molecule has 1 amide bonds. The fraction of sp³-hybridized carbons (Fsp3) is 0.192. The van der Waals surface area contributed by atoms with Gasteiger partial charge in [-0.25, -0.2) is 24.3 Å². The van der Waals surface area contributed by atoms with Crippen molar-refractivity contribution in [2.45, 2.75) is 25.9 Å². The number of aryl methyl sites for hydroxylation is 1. The van der Waals surface area contributed by atoms with Crippen LogP contribution >= 0.6 is 0 Å². The molecule has 1 aliphatic rings. The number of nitrogens with zero attached hydrogens (tertiary/aromatic N) is 5. The fourth-order valence-electron chi connectivity index (χ4n) is 4.01. The van der Waals surface area contributed by atoms with E-state index in [0.29, 0.717) is 29.8 Å². The van der Waals surface area contributed by atoms with Crippen LogP contribution in [0.5, 0.6) is 11.6 Å². The van der Waals surface area contributed by atoms with Crippen molar-refractivity contribution in [3.8, 4) is 23.0 Å². The van der Waals surface area contributed by atoms with Crippen molar-refractivity contribution >= 4 is 11.6 Å². The van der Waals surface area contributed by atoms with E-state index < -0.39 is 23.5 Å². The standard InChI is InChI=1S/C26H19F4N5O2/c1-2-22-32-14-33-23(34-22)18-4-3-10-31-24(18)37-21-12-16(6-8-19(21)27)25(36)35-11-9-15-5-7-17(13-20(15)35)26(28,29)30/h3-8,10,12-14H,2,9,11H2,1H3. The van der Waals surface area contributed by atoms with E-state index in [-0.39, 0.29) is 35.2 Å². The molecule has 0 N–H and O–H groups in total. The van der Waals surface area contributed by atoms with Crippen LogP contribution in [0, 0.1) is 5.82 Å². The molecular weight excluding hydrogens is 490 g/mol. The lowest BCUT2D eigenvalue weighted by Crippen LogP contribution is -2.29. The molecule has 0 radical (unpaired) electrons. The molecule has 5 rings (SSSR count). The van der Waals surface area contributed by atoms with E-state index in [1.165, 1.54) is 35.6 Å². The Bertz CT molecular complexity index is 1490. The molecule has 3 heterocycles. The number of pyridine rings is 1. The van der Waals surface area contributed by atoms with Crippen LogP contribution in [0.3, 0.4) is 0 Å². The molecule has 2 aromatic heterocycles. The highest BCUT2D eigenvalue weighted by Gasteiger charge is 2.34. The summed E-state index contributed by atoms with van der Waals surface area (Å²) < 4.78 is 60.2. The van der Waals surface area contributed by atoms with Crippen molar-refractivity contribution < 1.29 is 27.1 Å². The third-order valence-corrected chi connectivity index (χ3v) is 5.89. The zero-order chi connectivity index (χ0) is 26.2. The lowest BCUT2D eigenvalue weighted by atomic mass is 10.1. The second kappa shape index (κ2) is 9.57. The van der Waals surface area contributed by atoms with Gasteiger partial charge in [0.15, 0.2) is 17.4 Å². The molecule has 11 heteroatoms. The van der Waals surface area contributed by atoms with Crippen molar-refractivity contribution in [3.05, 3.63) is 89.4 Å². The van der Waals surface area contributed by atoms with E-state index in [2.05, 4.69) is 19.9 Å². The van der Waals surface area contributed by atoms with E-state index in [9.17, 15) is 22.4 Å². The first-order valence-corrected chi connectivity index (χ1v) is 11.4. The monoisotopic (exact) mass is 509 g/mol. The first-order valence-electron chi connectivity index (χ1n) is 11.4. The molecule has 0 aliphatic carbocycles. The minimum Gasteiger partial charge on any atom is -0.435 e. The number of carbonyl (C=O) groups excluding carboxylic acids is 1. The predicted octanol–water partition coefficient (Wildman–Crippen LogP) is 5.65. The van der Waals surface area contributed by atoms with Crippen LogP contribution in [0.4, 0.5) is 23.2 Å². The van der Waals surface area contributed by atoms with Crippen molar-refractivity contribution in [1.29, 1.82) is 0 Å². The zero-order valence-corrected chi connectivity index (χ0v) is 19.5. The Kier molecular flexibility index (Phi) is 6.28. The highest BCUT2D eigenvalue weighted by atomic mass is 19.4. The van der Waals surface area contributed by atoms with E-state index >= 15 is 0 Å². The number of fused-ring (bicyclic) bond motifs is 1. The first-order chi connectivity index (χ1) is 17.7. The first kappa shape index (κ1) is 24.3. The summed E-state index contributed by atoms with van der Waals surface area (Å²) in [6.45, 7) is 2.09. The number of halogens is 4. The van der Waals surface area contributed by atoms with E-state index in [0.717, 1.165) is 18.2 Å². The number of benzene rings is 2. The van der Waals surface area contributed by atoms with Gasteiger partial charge in [-0.3, -0.25) is 4.79 Å². The zero-order valence-electron chi connectivity index (χ0n) is 19.5. The third kappa shape index (κ3) is 4.84. The maximum atomic E-state index is 14.7. The van der Waals surface area contributed by atoms with E-state index in [1.54, 1.807) is 12.1 Å². The van der Waals surface area contributed by atoms with Crippen LogP contribution in [-0.4, -0.2) is 32.4 Å². The van der Waals surface area contributed by atoms with Gasteiger partial charge in [-0.2, -0.15) is 13.2 Å². The van der Waals surface area contributed by atoms with Gasteiger partial charge in [0.25, 0.3) is 5.91 Å². The Morgan fingerprint density at radius 3 is 2.70 bits per heavy atom. The summed E-state index contributed by atoms with van der Waals surface area (Å²) >= 11 is 0. The van der Waals surface area contributed by atoms with Crippen LogP contribution < -0.4 is 9.64 Å². The van der Waals surface area contributed by atoms with Crippen LogP contribution in [0.15, 0.2) is 61.1 Å². The molecule has 0 spiro atoms. The normalized spacial score (nSPS) is 12.9. The highest BCUT2D eigenvalue weighted by molar-refractivity contribution is 6.07. The Morgan fingerprint density at radius 2 is 1.92 bits per heavy atom. The number of hydrogen-bond acceptors (Lipinski definition) is 6. The smallest absolute Gasteiger partial charge is 0.416 e. The average Bonchev–Trinajstić information content (AvgIpc) is 3.33. The maximum Gasteiger partial charge on any atom is 0.416 e. The lowest BCUT2D eigenvalue weighted by molar-refractivity contribution is -0.137. The molecule has 0 bridgehead atoms. The van der Waals surface area contributed by atoms with Gasteiger partial charge in [-0.15, -0.1) is 0 Å². The molecule has 0 unspecified atom stereocenters. The number of carbonyl (C=O) groups is 1. The summed E-state index contributed by atoms with van der Waals surface area (Å²) in [6, 6.07) is 10.2. The molecule has 0 saturated carbocycles. The summed E-state index contributed by atoms with van der Waals surface area (Å²) in [6.07, 6.45) is -0.745. The summed E-state index contributed by atoms with van der Waals surface area (Å²) in [5.41, 5.74) is 0.403. The summed E-state index contributed by atoms with van der Waals surface area (Å²) in [5, 5.41) is 0. The molecule has 0 fully saturated rings. The quantitative estimate of drug-likeness (QED) is 0.324. The van der Waals surface area contributed by atoms with Crippen LogP contribution in [-0.2, 0) is 19.0 Å². The van der Waals surface area contributed by atoms with Crippen molar-refractivity contribution in [3.63, 3.8) is 0 Å². The van der Waals surface area contributed by atoms with Gasteiger partial charge in [0, 0.05) is 30.4 Å². The lowest BCUT2D eigenvalue weighted by Gasteiger charge is -2.19. The summed E-state index contributed by atoms with van der Waals surface area (Å²) in [4.78, 5) is 31.3. The minimum atomic E-state index is -4.54. The van der Waals surface area contributed by atoms with Gasteiger partial charge in [0.1, 0.15) is 12.2 Å². The topological polar surface area (TPSA) is 81.1 Å². The second-order valence-electron chi connectivity index (χ2n) is 8.23. The average molecular weight is 509 g/mol. The molecule has 2 aromatic carbocycles. The van der Waals surface area contributed by atoms with Crippen LogP contribution in [0.1, 0.15) is 34.2 Å². The Balaban J connectivity index is 1.46. The van der Waals surface area contributed by atoms with Gasteiger partial charge in [-0.05, 0) is 54.4 Å². The molecule has 1 aliphatic heterocycles. The fourth-order valence-corrected chi connectivity index (χ4v) is 4.01. The largest absolute Gasteiger partial charge is 0.435 e. The van der Waals surface area contributed by atoms with Gasteiger partial charge in [0.2, 0.25) is 5.88 Å². The summed E-state index contributed by atoms with van der Waals surface area (Å²) in [7, 11) is 0. The molecule has 4 aromatic rings. The van der Waals surface area contributed by atoms with Gasteiger partial charge in [-0.1, -0.05) is 13.0 Å². The second-order valence-corrected chi connectivity index (χ2v) is 8.23. The molecule has 188 valence electrons. The molecule has 37 heavy (non-hydrogen) atoms. The van der Waals surface area contributed by atoms with E-state index in [4.69, 9.17) is 4.74 Å². The number of rotatable bonds is 5. The van der Waals surface area contributed by atoms with E-state index in [1.807, 2.05) is 6.92 Å². The number of ether oxygens (including phenoxy) is 1. The van der Waals surface area contributed by atoms with Crippen LogP contribution in [0.2, 0.25) is 0 Å². The Morgan fingerprint density at radius 1 is 1.08 bits per heavy atom. The molecule has 7 nitrogen and oxygen atoms in total. The number of amides is 1. The number of aromatic nitrogens is 4. The highest BCUT2D eigenvalue weighted by Crippen LogP contribution is 2.37. The Labute approximate surface area is 208 Å². The number of hydrogen-bond donors (Lipinski definition) is 0. The van der Waals surface area contributed by atoms with Gasteiger partial charge in [0.05, 0.1) is 11.1 Å². The van der Waals surface area contributed by atoms with Crippen molar-refractivity contribution in [2.24, 2.45) is 0 Å². The van der Waals surface area contributed by atoms with Gasteiger partial charge < -0.3 is 9.64 Å². The number of anilines is 1. The number of alkyl halides is 3. The summed E-state index contributed by atoms with van der Waals surface area (Å²) in [5.74, 6) is -0.747. The molecule has 0 saturated heterocycles. The SMILES string of the molecule is CCc1ncnc(-c2cccnc2Oc2cc(C(=O)N3CCc4ccc(C(F)(F)F)cc43)ccc2F)n1. The van der Waals surface area contributed by atoms with Crippen LogP contribution in [0.25, 0.3) is 11.4 Å². The maximum absolute atomic E-state index is 14.7. The van der Waals surface area contributed by atoms with Crippen molar-refractivity contribution in [1.82, 2.24) is 19.9 Å². The Hall–Kier alpha value is -4.41. The minimum absolute atomic E-state index is 0.0144. The predicted molar refractivity (Wildman–Crippen MR) is 126 cm³/mol. The molecular formula is C26H19F4N5O2. The third-order valence-electron chi connectivity index (χ3n) is 5.89.